The maximum atomic E-state index is 13.9. The molecule has 3 aromatic heterocycles. The van der Waals surface area contributed by atoms with Crippen LogP contribution in [0, 0.1) is 13.8 Å². The van der Waals surface area contributed by atoms with Crippen LogP contribution < -0.4 is 4.74 Å². The van der Waals surface area contributed by atoms with E-state index < -0.39 is 11.9 Å². The van der Waals surface area contributed by atoms with Gasteiger partial charge in [-0.25, -0.2) is 4.98 Å². The zero-order chi connectivity index (χ0) is 26.3. The molecule has 1 aliphatic heterocycles. The Hall–Kier alpha value is -4.15. The van der Waals surface area contributed by atoms with E-state index in [0.717, 1.165) is 16.1 Å². The van der Waals surface area contributed by atoms with Crippen LogP contribution in [0.25, 0.3) is 11.1 Å². The third-order valence-electron chi connectivity index (χ3n) is 6.26. The number of aromatic nitrogens is 5. The van der Waals surface area contributed by atoms with Gasteiger partial charge >= 0.3 is 6.18 Å². The highest BCUT2D eigenvalue weighted by Gasteiger charge is 2.39. The molecule has 5 rings (SSSR count). The smallest absolute Gasteiger partial charge is 0.435 e. The fourth-order valence-electron chi connectivity index (χ4n) is 4.52. The van der Waals surface area contributed by atoms with Gasteiger partial charge in [0.15, 0.2) is 5.69 Å². The lowest BCUT2D eigenvalue weighted by molar-refractivity contribution is -0.140. The summed E-state index contributed by atoms with van der Waals surface area (Å²) in [5, 5.41) is 3.67. The van der Waals surface area contributed by atoms with E-state index in [0.29, 0.717) is 17.8 Å². The molecule has 0 saturated heterocycles. The fraction of sp³-hybridized carbons (Fsp3) is 0.308. The molecule has 0 unspecified atom stereocenters. The summed E-state index contributed by atoms with van der Waals surface area (Å²) in [7, 11) is 1.43. The van der Waals surface area contributed by atoms with Crippen molar-refractivity contribution in [2.45, 2.75) is 33.1 Å². The van der Waals surface area contributed by atoms with E-state index in [-0.39, 0.29) is 48.0 Å². The second-order valence-corrected chi connectivity index (χ2v) is 9.08. The van der Waals surface area contributed by atoms with Gasteiger partial charge in [0.1, 0.15) is 18.2 Å². The number of hydrogen-bond donors (Lipinski definition) is 0. The Kier molecular flexibility index (Phi) is 6.22. The maximum Gasteiger partial charge on any atom is 0.435 e. The van der Waals surface area contributed by atoms with Crippen molar-refractivity contribution in [1.29, 1.82) is 0 Å². The number of benzene rings is 1. The van der Waals surface area contributed by atoms with E-state index >= 15 is 0 Å². The molecule has 0 aliphatic carbocycles. The van der Waals surface area contributed by atoms with Crippen molar-refractivity contribution >= 4 is 5.91 Å². The number of aryl methyl sites for hydroxylation is 3. The van der Waals surface area contributed by atoms with Crippen molar-refractivity contribution in [3.63, 3.8) is 0 Å². The number of alkyl halides is 3. The molecule has 0 atom stereocenters. The van der Waals surface area contributed by atoms with Crippen molar-refractivity contribution in [2.24, 2.45) is 7.05 Å². The standard InChI is InChI=1S/C26H25F3N6O2/c1-16-4-5-31-19(10-16)14-35-8-9-37-23-20(22-15-33(3)32-24(22)26(27,28)29)11-18(12-21(23)25(35)36)13-34-7-6-30-17(34)2/h4-7,10-12,15H,8-9,13-14H2,1-3H3. The van der Waals surface area contributed by atoms with Gasteiger partial charge in [0.2, 0.25) is 0 Å². The van der Waals surface area contributed by atoms with Gasteiger partial charge in [-0.05, 0) is 49.2 Å². The molecule has 0 saturated carbocycles. The van der Waals surface area contributed by atoms with Crippen molar-refractivity contribution in [2.75, 3.05) is 13.2 Å². The summed E-state index contributed by atoms with van der Waals surface area (Å²) in [5.41, 5.74) is 1.57. The molecule has 1 aromatic carbocycles. The molecule has 4 heterocycles. The van der Waals surface area contributed by atoms with Crippen LogP contribution in [0.4, 0.5) is 13.2 Å². The normalized spacial score (nSPS) is 13.9. The summed E-state index contributed by atoms with van der Waals surface area (Å²) in [4.78, 5) is 24.0. The first-order chi connectivity index (χ1) is 17.6. The average molecular weight is 511 g/mol. The van der Waals surface area contributed by atoms with Crippen LogP contribution in [0.5, 0.6) is 5.75 Å². The Morgan fingerprint density at radius 3 is 2.51 bits per heavy atom. The number of carbonyl (C=O) groups excluding carboxylic acids is 1. The predicted octanol–water partition coefficient (Wildman–Crippen LogP) is 4.40. The molecule has 0 spiro atoms. The van der Waals surface area contributed by atoms with Gasteiger partial charge in [0.05, 0.1) is 24.3 Å². The second-order valence-electron chi connectivity index (χ2n) is 9.08. The third kappa shape index (κ3) is 4.93. The number of carbonyl (C=O) groups is 1. The Morgan fingerprint density at radius 1 is 1.03 bits per heavy atom. The first-order valence-electron chi connectivity index (χ1n) is 11.7. The quantitative estimate of drug-likeness (QED) is 0.398. The number of pyridine rings is 1. The van der Waals surface area contributed by atoms with Gasteiger partial charge in [0.25, 0.3) is 5.91 Å². The van der Waals surface area contributed by atoms with Crippen LogP contribution in [0.15, 0.2) is 49.1 Å². The topological polar surface area (TPSA) is 78.1 Å². The van der Waals surface area contributed by atoms with Crippen LogP contribution in [0.1, 0.15) is 38.7 Å². The number of nitrogens with zero attached hydrogens (tertiary/aromatic N) is 6. The van der Waals surface area contributed by atoms with Gasteiger partial charge in [-0.1, -0.05) is 0 Å². The average Bonchev–Trinajstić information content (AvgIpc) is 3.39. The van der Waals surface area contributed by atoms with Crippen molar-refractivity contribution in [3.8, 4) is 16.9 Å². The highest BCUT2D eigenvalue weighted by molar-refractivity contribution is 6.00. The predicted molar refractivity (Wildman–Crippen MR) is 129 cm³/mol. The van der Waals surface area contributed by atoms with Gasteiger partial charge < -0.3 is 14.2 Å². The number of amides is 1. The van der Waals surface area contributed by atoms with E-state index in [1.807, 2.05) is 30.5 Å². The van der Waals surface area contributed by atoms with Crippen LogP contribution in [-0.4, -0.2) is 48.3 Å². The summed E-state index contributed by atoms with van der Waals surface area (Å²) in [6.07, 6.45) is 1.73. The summed E-state index contributed by atoms with van der Waals surface area (Å²) in [6.45, 7) is 4.73. The molecule has 8 nitrogen and oxygen atoms in total. The number of fused-ring (bicyclic) bond motifs is 1. The summed E-state index contributed by atoms with van der Waals surface area (Å²) >= 11 is 0. The van der Waals surface area contributed by atoms with E-state index in [4.69, 9.17) is 4.74 Å². The minimum absolute atomic E-state index is 0.120. The maximum absolute atomic E-state index is 13.9. The summed E-state index contributed by atoms with van der Waals surface area (Å²) in [6, 6.07) is 7.09. The molecule has 0 fully saturated rings. The van der Waals surface area contributed by atoms with Crippen LogP contribution in [0.2, 0.25) is 0 Å². The number of imidazole rings is 1. The third-order valence-corrected chi connectivity index (χ3v) is 6.26. The molecule has 1 aliphatic rings. The Bertz CT molecular complexity index is 1470. The van der Waals surface area contributed by atoms with Crippen LogP contribution in [0.3, 0.4) is 0 Å². The minimum Gasteiger partial charge on any atom is -0.490 e. The summed E-state index contributed by atoms with van der Waals surface area (Å²) in [5.74, 6) is 0.525. The minimum atomic E-state index is -4.68. The molecular formula is C26H25F3N6O2. The largest absolute Gasteiger partial charge is 0.490 e. The molecular weight excluding hydrogens is 485 g/mol. The lowest BCUT2D eigenvalue weighted by Crippen LogP contribution is -2.32. The zero-order valence-corrected chi connectivity index (χ0v) is 20.6. The molecule has 0 radical (unpaired) electrons. The first-order valence-corrected chi connectivity index (χ1v) is 11.7. The highest BCUT2D eigenvalue weighted by Crippen LogP contribution is 2.42. The fourth-order valence-corrected chi connectivity index (χ4v) is 4.52. The van der Waals surface area contributed by atoms with Crippen LogP contribution in [-0.2, 0) is 26.3 Å². The van der Waals surface area contributed by atoms with E-state index in [2.05, 4.69) is 15.1 Å². The Morgan fingerprint density at radius 2 is 1.81 bits per heavy atom. The first kappa shape index (κ1) is 24.5. The number of ether oxygens (including phenoxy) is 1. The van der Waals surface area contributed by atoms with Crippen molar-refractivity contribution in [3.05, 3.63) is 83.0 Å². The van der Waals surface area contributed by atoms with Crippen LogP contribution >= 0.6 is 0 Å². The van der Waals surface area contributed by atoms with E-state index in [1.165, 1.54) is 13.2 Å². The summed E-state index contributed by atoms with van der Waals surface area (Å²) < 4.78 is 50.7. The van der Waals surface area contributed by atoms with Gasteiger partial charge in [-0.2, -0.15) is 18.3 Å². The lowest BCUT2D eigenvalue weighted by Gasteiger charge is -2.20. The van der Waals surface area contributed by atoms with E-state index in [9.17, 15) is 18.0 Å². The Labute approximate surface area is 211 Å². The van der Waals surface area contributed by atoms with Crippen molar-refractivity contribution < 1.29 is 22.7 Å². The molecule has 192 valence electrons. The van der Waals surface area contributed by atoms with Gasteiger partial charge in [0, 0.05) is 49.5 Å². The molecule has 11 heteroatoms. The second kappa shape index (κ2) is 9.38. The number of hydrogen-bond acceptors (Lipinski definition) is 5. The zero-order valence-electron chi connectivity index (χ0n) is 20.6. The van der Waals surface area contributed by atoms with E-state index in [1.54, 1.807) is 35.6 Å². The monoisotopic (exact) mass is 510 g/mol. The number of halogens is 3. The molecule has 0 N–H and O–H groups in total. The van der Waals surface area contributed by atoms with Gasteiger partial charge in [-0.15, -0.1) is 0 Å². The molecule has 0 bridgehead atoms. The highest BCUT2D eigenvalue weighted by atomic mass is 19.4. The SMILES string of the molecule is Cc1ccnc(CN2CCOc3c(cc(Cn4ccnc4C)cc3-c3cn(C)nc3C(F)(F)F)C2=O)c1. The molecule has 1 amide bonds. The number of rotatable bonds is 5. The Balaban J connectivity index is 1.64. The van der Waals surface area contributed by atoms with Gasteiger partial charge in [-0.3, -0.25) is 14.5 Å². The molecule has 37 heavy (non-hydrogen) atoms. The molecule has 4 aromatic rings. The lowest BCUT2D eigenvalue weighted by atomic mass is 9.97. The van der Waals surface area contributed by atoms with Crippen molar-refractivity contribution in [1.82, 2.24) is 29.2 Å².